The highest BCUT2D eigenvalue weighted by atomic mass is 35.5. The molecule has 11 nitrogen and oxygen atoms in total. The highest BCUT2D eigenvalue weighted by molar-refractivity contribution is 7.23. The first-order valence-electron chi connectivity index (χ1n) is 16.4. The van der Waals surface area contributed by atoms with Crippen molar-refractivity contribution in [3.8, 4) is 29.0 Å². The molecule has 0 saturated carbocycles. The van der Waals surface area contributed by atoms with Gasteiger partial charge in [-0.1, -0.05) is 23.7 Å². The predicted molar refractivity (Wildman–Crippen MR) is 191 cm³/mol. The number of hydrogen-bond acceptors (Lipinski definition) is 12. The normalized spacial score (nSPS) is 18.9. The number of alkyl halides is 1. The van der Waals surface area contributed by atoms with Gasteiger partial charge >= 0.3 is 6.01 Å². The number of methoxy groups -OCH3 is 1. The summed E-state index contributed by atoms with van der Waals surface area (Å²) in [6, 6.07) is 7.98. The van der Waals surface area contributed by atoms with Crippen molar-refractivity contribution in [3.63, 3.8) is 0 Å². The van der Waals surface area contributed by atoms with Gasteiger partial charge in [0, 0.05) is 41.9 Å². The minimum atomic E-state index is -0.854. The average Bonchev–Trinajstić information content (AvgIpc) is 3.77. The molecule has 51 heavy (non-hydrogen) atoms. The van der Waals surface area contributed by atoms with E-state index in [0.29, 0.717) is 18.2 Å². The van der Waals surface area contributed by atoms with E-state index in [0.717, 1.165) is 24.3 Å². The van der Waals surface area contributed by atoms with Crippen LogP contribution in [-0.2, 0) is 0 Å². The summed E-state index contributed by atoms with van der Waals surface area (Å²) in [5, 5.41) is 20.1. The van der Waals surface area contributed by atoms with Crippen LogP contribution in [0.4, 0.5) is 29.8 Å². The van der Waals surface area contributed by atoms with Gasteiger partial charge in [-0.3, -0.25) is 4.90 Å². The number of nitrogens with two attached hydrogens (primary N) is 2. The lowest BCUT2D eigenvalue weighted by atomic mass is 9.96. The van der Waals surface area contributed by atoms with Crippen molar-refractivity contribution in [3.05, 3.63) is 58.2 Å². The molecule has 0 radical (unpaired) electrons. The van der Waals surface area contributed by atoms with Crippen molar-refractivity contribution >= 4 is 60.6 Å². The number of aromatic nitrogens is 3. The number of anilines is 3. The molecule has 2 aromatic carbocycles. The number of ether oxygens (including phenoxy) is 2. The fraction of sp³-hybridized carbons (Fsp3) is 0.371. The summed E-state index contributed by atoms with van der Waals surface area (Å²) in [5.41, 5.74) is 12.7. The molecule has 3 aliphatic heterocycles. The minimum Gasteiger partial charge on any atom is -0.489 e. The van der Waals surface area contributed by atoms with E-state index < -0.39 is 23.8 Å². The molecule has 2 saturated heterocycles. The first-order chi connectivity index (χ1) is 24.7. The molecule has 0 spiro atoms. The Hall–Kier alpha value is -4.62. The molecular weight excluding hydrogens is 705 g/mol. The van der Waals surface area contributed by atoms with Crippen LogP contribution < -0.4 is 25.8 Å². The van der Waals surface area contributed by atoms with Crippen molar-refractivity contribution in [2.24, 2.45) is 0 Å². The first-order valence-corrected chi connectivity index (χ1v) is 17.6. The number of rotatable bonds is 6. The Morgan fingerprint density at radius 3 is 2.76 bits per heavy atom. The number of aliphatic hydroxyl groups is 1. The molecule has 2 unspecified atom stereocenters. The van der Waals surface area contributed by atoms with E-state index >= 15 is 4.39 Å². The van der Waals surface area contributed by atoms with E-state index in [1.54, 1.807) is 18.3 Å². The van der Waals surface area contributed by atoms with Gasteiger partial charge in [0.1, 0.15) is 46.8 Å². The molecule has 0 amide bonds. The molecule has 5 aromatic rings. The zero-order chi connectivity index (χ0) is 36.0. The molecule has 5 N–H and O–H groups in total. The number of benzene rings is 2. The van der Waals surface area contributed by atoms with Crippen LogP contribution in [0.3, 0.4) is 0 Å². The van der Waals surface area contributed by atoms with Gasteiger partial charge in [0.25, 0.3) is 0 Å². The van der Waals surface area contributed by atoms with Crippen LogP contribution in [0.1, 0.15) is 42.9 Å². The largest absolute Gasteiger partial charge is 0.489 e. The van der Waals surface area contributed by atoms with Gasteiger partial charge in [-0.25, -0.2) is 18.2 Å². The van der Waals surface area contributed by atoms with Crippen LogP contribution in [0.2, 0.25) is 5.02 Å². The summed E-state index contributed by atoms with van der Waals surface area (Å²) in [6.07, 6.45) is 4.62. The Morgan fingerprint density at radius 1 is 1.22 bits per heavy atom. The summed E-state index contributed by atoms with van der Waals surface area (Å²) in [5.74, 6) is -0.844. The van der Waals surface area contributed by atoms with Crippen molar-refractivity contribution in [1.29, 1.82) is 5.26 Å². The van der Waals surface area contributed by atoms with Gasteiger partial charge in [0.15, 0.2) is 11.6 Å². The first kappa shape index (κ1) is 34.8. The molecule has 2 fully saturated rings. The number of aliphatic hydroxyl groups excluding tert-OH is 1. The van der Waals surface area contributed by atoms with Crippen LogP contribution in [-0.4, -0.2) is 77.1 Å². The second kappa shape index (κ2) is 14.2. The number of nitrogen functional groups attached to an aromatic ring is 2. The number of fused-ring (bicyclic) bond motifs is 2. The van der Waals surface area contributed by atoms with Crippen LogP contribution in [0.15, 0.2) is 30.5 Å². The van der Waals surface area contributed by atoms with Crippen LogP contribution in [0.25, 0.3) is 32.1 Å². The Labute approximate surface area is 300 Å². The van der Waals surface area contributed by atoms with E-state index in [4.69, 9.17) is 32.5 Å². The number of halogens is 4. The van der Waals surface area contributed by atoms with E-state index in [1.807, 2.05) is 11.0 Å². The summed E-state index contributed by atoms with van der Waals surface area (Å²) in [4.78, 5) is 17.2. The summed E-state index contributed by atoms with van der Waals surface area (Å²) in [7, 11) is 1.35. The highest BCUT2D eigenvalue weighted by Gasteiger charge is 2.36. The lowest BCUT2D eigenvalue weighted by molar-refractivity contribution is 0.268. The number of thiophene rings is 1. The van der Waals surface area contributed by atoms with E-state index in [9.17, 15) is 19.1 Å². The molecule has 0 bridgehead atoms. The highest BCUT2D eigenvalue weighted by Crippen LogP contribution is 2.51. The molecular formula is C35H34ClF3N8O3S. The number of nitrogens with zero attached hydrogens (tertiary/aromatic N) is 6. The Morgan fingerprint density at radius 2 is 2.04 bits per heavy atom. The molecule has 6 heterocycles. The maximum atomic E-state index is 16.7. The SMILES string of the molecule is COc1nc2c3c(c(Cl)c(-c4ccc(F)c5sc(N)c(C#N)c45)c(F)c3n1)OCCN2[C@H](CCO)c1cccnc1N.FC1CC2CCCN2C1. The van der Waals surface area contributed by atoms with Gasteiger partial charge in [-0.05, 0) is 49.9 Å². The zero-order valence-corrected chi connectivity index (χ0v) is 29.1. The van der Waals surface area contributed by atoms with Crippen LogP contribution in [0.5, 0.6) is 11.8 Å². The van der Waals surface area contributed by atoms with Crippen LogP contribution in [0, 0.1) is 23.0 Å². The molecule has 16 heteroatoms. The fourth-order valence-electron chi connectivity index (χ4n) is 7.41. The number of hydrogen-bond donors (Lipinski definition) is 3. The predicted octanol–water partition coefficient (Wildman–Crippen LogP) is 6.40. The molecule has 3 aliphatic rings. The summed E-state index contributed by atoms with van der Waals surface area (Å²) in [6.45, 7) is 2.01. The Kier molecular flexibility index (Phi) is 9.68. The topological polar surface area (TPSA) is 160 Å². The maximum absolute atomic E-state index is 16.7. The summed E-state index contributed by atoms with van der Waals surface area (Å²) < 4.78 is 55.7. The van der Waals surface area contributed by atoms with E-state index in [2.05, 4.69) is 19.9 Å². The molecule has 266 valence electrons. The zero-order valence-electron chi connectivity index (χ0n) is 27.5. The lowest BCUT2D eigenvalue weighted by Gasteiger charge is -2.32. The fourth-order valence-corrected chi connectivity index (χ4v) is 8.69. The monoisotopic (exact) mass is 738 g/mol. The third-order valence-electron chi connectivity index (χ3n) is 9.64. The minimum absolute atomic E-state index is 0.0138. The third-order valence-corrected chi connectivity index (χ3v) is 11.0. The van der Waals surface area contributed by atoms with Gasteiger partial charge in [0.05, 0.1) is 40.4 Å². The quantitative estimate of drug-likeness (QED) is 0.177. The van der Waals surface area contributed by atoms with Crippen molar-refractivity contribution < 1.29 is 27.8 Å². The van der Waals surface area contributed by atoms with Crippen molar-refractivity contribution in [2.45, 2.75) is 43.9 Å². The number of pyridine rings is 1. The summed E-state index contributed by atoms with van der Waals surface area (Å²) >= 11 is 7.80. The van der Waals surface area contributed by atoms with Gasteiger partial charge in [-0.2, -0.15) is 15.2 Å². The van der Waals surface area contributed by atoms with Crippen molar-refractivity contribution in [2.75, 3.05) is 56.3 Å². The van der Waals surface area contributed by atoms with Gasteiger partial charge < -0.3 is 30.9 Å². The van der Waals surface area contributed by atoms with Gasteiger partial charge in [0.2, 0.25) is 0 Å². The smallest absolute Gasteiger partial charge is 0.318 e. The average molecular weight is 739 g/mol. The molecule has 3 atom stereocenters. The lowest BCUT2D eigenvalue weighted by Crippen LogP contribution is -2.33. The maximum Gasteiger partial charge on any atom is 0.318 e. The molecule has 0 aliphatic carbocycles. The molecule has 8 rings (SSSR count). The number of nitriles is 1. The van der Waals surface area contributed by atoms with E-state index in [-0.39, 0.29) is 97.3 Å². The Bertz CT molecular complexity index is 2170. The van der Waals surface area contributed by atoms with Gasteiger partial charge in [-0.15, -0.1) is 11.3 Å². The molecule has 3 aromatic heterocycles. The second-order valence-electron chi connectivity index (χ2n) is 12.5. The van der Waals surface area contributed by atoms with Crippen molar-refractivity contribution in [1.82, 2.24) is 19.9 Å². The Balaban J connectivity index is 0.000000389. The standard InChI is InChI=1S/C28H22ClF2N7O3S.C7H12FN/c1-40-28-36-22-19-23(41-10-8-38(27(19)37-28)16(6-9-39)12-3-2-7-35-25(12)33)20(29)18(21(22)31)13-4-5-15(30)24-17(13)14(11-32)26(34)42-24;8-6-4-7-2-1-3-9(7)5-6/h2-5,7,16,39H,6,8-10,34H2,1H3,(H2,33,35);6-7H,1-5H2/t16-;/m1./s1. The van der Waals surface area contributed by atoms with E-state index in [1.165, 1.54) is 32.1 Å². The second-order valence-corrected chi connectivity index (χ2v) is 13.9. The van der Waals surface area contributed by atoms with Crippen LogP contribution >= 0.6 is 22.9 Å². The third kappa shape index (κ3) is 6.09.